The first-order valence-electron chi connectivity index (χ1n) is 5.36. The lowest BCUT2D eigenvalue weighted by Crippen LogP contribution is -2.31. The van der Waals surface area contributed by atoms with Gasteiger partial charge in [0.05, 0.1) is 24.4 Å². The van der Waals surface area contributed by atoms with Crippen molar-refractivity contribution in [3.8, 4) is 0 Å². The van der Waals surface area contributed by atoms with E-state index in [-0.39, 0.29) is 12.2 Å². The number of hydrogen-bond acceptors (Lipinski definition) is 4. The molecule has 15 heavy (non-hydrogen) atoms. The van der Waals surface area contributed by atoms with Crippen molar-refractivity contribution in [1.82, 2.24) is 0 Å². The summed E-state index contributed by atoms with van der Waals surface area (Å²) in [5.41, 5.74) is 0. The summed E-state index contributed by atoms with van der Waals surface area (Å²) in [5, 5.41) is 19.2. The monoisotopic (exact) mass is 214 g/mol. The number of aliphatic hydroxyl groups is 2. The second-order valence-electron chi connectivity index (χ2n) is 4.70. The highest BCUT2D eigenvalue weighted by Gasteiger charge is 2.42. The summed E-state index contributed by atoms with van der Waals surface area (Å²) in [4.78, 5) is 0. The van der Waals surface area contributed by atoms with Crippen LogP contribution in [0.1, 0.15) is 26.7 Å². The molecule has 86 valence electrons. The minimum absolute atomic E-state index is 0.130. The Morgan fingerprint density at radius 2 is 1.40 bits per heavy atom. The molecule has 1 heterocycles. The van der Waals surface area contributed by atoms with E-state index >= 15 is 0 Å². The Balaban J connectivity index is 2.12. The maximum Gasteiger partial charge on any atom is 0.163 e. The number of rotatable bonds is 0. The predicted molar refractivity (Wildman–Crippen MR) is 54.2 cm³/mol. The first kappa shape index (κ1) is 11.1. The minimum atomic E-state index is -0.612. The second kappa shape index (κ2) is 3.87. The Morgan fingerprint density at radius 3 is 1.80 bits per heavy atom. The van der Waals surface area contributed by atoms with E-state index in [0.717, 1.165) is 0 Å². The molecule has 1 aliphatic heterocycles. The van der Waals surface area contributed by atoms with Gasteiger partial charge in [-0.1, -0.05) is 12.2 Å². The molecule has 4 atom stereocenters. The van der Waals surface area contributed by atoms with Gasteiger partial charge in [0, 0.05) is 12.8 Å². The van der Waals surface area contributed by atoms with E-state index in [2.05, 4.69) is 0 Å². The summed E-state index contributed by atoms with van der Waals surface area (Å²) >= 11 is 0. The quantitative estimate of drug-likeness (QED) is 0.579. The fourth-order valence-corrected chi connectivity index (χ4v) is 2.20. The summed E-state index contributed by atoms with van der Waals surface area (Å²) in [5.74, 6) is -0.612. The van der Waals surface area contributed by atoms with Gasteiger partial charge in [0.25, 0.3) is 0 Å². The minimum Gasteiger partial charge on any atom is -0.389 e. The Bertz CT molecular complexity index is 237. The Hall–Kier alpha value is -0.420. The Kier molecular flexibility index (Phi) is 2.85. The summed E-state index contributed by atoms with van der Waals surface area (Å²) in [7, 11) is 0. The highest BCUT2D eigenvalue weighted by molar-refractivity contribution is 5.01. The van der Waals surface area contributed by atoms with Crippen molar-refractivity contribution in [2.24, 2.45) is 0 Å². The van der Waals surface area contributed by atoms with E-state index in [4.69, 9.17) is 9.47 Å². The summed E-state index contributed by atoms with van der Waals surface area (Å²) in [6.45, 7) is 3.70. The van der Waals surface area contributed by atoms with Gasteiger partial charge in [-0.15, -0.1) is 0 Å². The van der Waals surface area contributed by atoms with Crippen molar-refractivity contribution in [3.05, 3.63) is 12.2 Å². The largest absolute Gasteiger partial charge is 0.389 e. The van der Waals surface area contributed by atoms with Gasteiger partial charge in [0.15, 0.2) is 5.79 Å². The molecule has 0 unspecified atom stereocenters. The third-order valence-corrected chi connectivity index (χ3v) is 2.79. The normalized spacial score (nSPS) is 46.7. The first-order valence-corrected chi connectivity index (χ1v) is 5.36. The highest BCUT2D eigenvalue weighted by atomic mass is 16.8. The fraction of sp³-hybridized carbons (Fsp3) is 0.818. The molecule has 0 radical (unpaired) electrons. The second-order valence-corrected chi connectivity index (χ2v) is 4.70. The zero-order valence-corrected chi connectivity index (χ0v) is 9.09. The van der Waals surface area contributed by atoms with Crippen molar-refractivity contribution in [3.63, 3.8) is 0 Å². The van der Waals surface area contributed by atoms with Crippen LogP contribution < -0.4 is 0 Å². The van der Waals surface area contributed by atoms with Crippen LogP contribution in [0.4, 0.5) is 0 Å². The van der Waals surface area contributed by atoms with Gasteiger partial charge >= 0.3 is 0 Å². The van der Waals surface area contributed by atoms with Crippen LogP contribution >= 0.6 is 0 Å². The topological polar surface area (TPSA) is 58.9 Å². The van der Waals surface area contributed by atoms with E-state index in [1.807, 2.05) is 13.8 Å². The number of ether oxygens (including phenoxy) is 2. The van der Waals surface area contributed by atoms with Gasteiger partial charge in [-0.25, -0.2) is 0 Å². The lowest BCUT2D eigenvalue weighted by atomic mass is 9.97. The molecule has 4 heteroatoms. The van der Waals surface area contributed by atoms with E-state index in [9.17, 15) is 10.2 Å². The fourth-order valence-electron chi connectivity index (χ4n) is 2.20. The van der Waals surface area contributed by atoms with Crippen LogP contribution in [0.3, 0.4) is 0 Å². The number of hydrogen-bond donors (Lipinski definition) is 2. The van der Waals surface area contributed by atoms with Crippen LogP contribution in [-0.4, -0.2) is 40.4 Å². The summed E-state index contributed by atoms with van der Waals surface area (Å²) < 4.78 is 11.4. The Morgan fingerprint density at radius 1 is 1.00 bits per heavy atom. The summed E-state index contributed by atoms with van der Waals surface area (Å²) in [6.07, 6.45) is 2.90. The standard InChI is InChI=1S/C11H18O4/c1-11(2)14-9-5-7(12)3-4-8(13)6-10(9)15-11/h3-4,7-10,12-13H,5-6H2,1-2H3/b4-3-/t7-,8+,9-,10+. The van der Waals surface area contributed by atoms with Crippen LogP contribution in [0.2, 0.25) is 0 Å². The van der Waals surface area contributed by atoms with Crippen molar-refractivity contribution in [2.45, 2.75) is 56.9 Å². The molecular weight excluding hydrogens is 196 g/mol. The van der Waals surface area contributed by atoms with Gasteiger partial charge in [-0.05, 0) is 13.8 Å². The maximum atomic E-state index is 9.62. The summed E-state index contributed by atoms with van der Waals surface area (Å²) in [6, 6.07) is 0. The number of fused-ring (bicyclic) bond motifs is 1. The maximum absolute atomic E-state index is 9.62. The van der Waals surface area contributed by atoms with E-state index in [0.29, 0.717) is 12.8 Å². The third kappa shape index (κ3) is 2.58. The van der Waals surface area contributed by atoms with Crippen LogP contribution in [0.5, 0.6) is 0 Å². The molecule has 0 aromatic rings. The van der Waals surface area contributed by atoms with Crippen LogP contribution in [0.25, 0.3) is 0 Å². The third-order valence-electron chi connectivity index (χ3n) is 2.79. The molecule has 0 amide bonds. The molecule has 1 fully saturated rings. The lowest BCUT2D eigenvalue weighted by Gasteiger charge is -2.22. The average Bonchev–Trinajstić information content (AvgIpc) is 2.35. The molecule has 0 saturated carbocycles. The van der Waals surface area contributed by atoms with Gasteiger partial charge in [-0.2, -0.15) is 0 Å². The van der Waals surface area contributed by atoms with E-state index in [1.165, 1.54) is 0 Å². The molecule has 2 rings (SSSR count). The van der Waals surface area contributed by atoms with Gasteiger partial charge in [-0.3, -0.25) is 0 Å². The van der Waals surface area contributed by atoms with Gasteiger partial charge in [0.2, 0.25) is 0 Å². The van der Waals surface area contributed by atoms with Crippen LogP contribution in [-0.2, 0) is 9.47 Å². The van der Waals surface area contributed by atoms with Crippen molar-refractivity contribution in [2.75, 3.05) is 0 Å². The lowest BCUT2D eigenvalue weighted by molar-refractivity contribution is -0.149. The molecule has 0 spiro atoms. The molecule has 0 bridgehead atoms. The first-order chi connectivity index (χ1) is 6.96. The average molecular weight is 214 g/mol. The van der Waals surface area contributed by atoms with Crippen molar-refractivity contribution >= 4 is 0 Å². The van der Waals surface area contributed by atoms with Crippen LogP contribution in [0.15, 0.2) is 12.2 Å². The van der Waals surface area contributed by atoms with Crippen molar-refractivity contribution < 1.29 is 19.7 Å². The van der Waals surface area contributed by atoms with Gasteiger partial charge in [0.1, 0.15) is 0 Å². The molecule has 1 saturated heterocycles. The molecule has 0 aromatic carbocycles. The zero-order chi connectivity index (χ0) is 11.1. The molecule has 2 aliphatic rings. The molecule has 4 nitrogen and oxygen atoms in total. The Labute approximate surface area is 89.5 Å². The zero-order valence-electron chi connectivity index (χ0n) is 9.09. The highest BCUT2D eigenvalue weighted by Crippen LogP contribution is 2.34. The number of aliphatic hydroxyl groups excluding tert-OH is 2. The molecule has 2 N–H and O–H groups in total. The van der Waals surface area contributed by atoms with Crippen molar-refractivity contribution in [1.29, 1.82) is 0 Å². The van der Waals surface area contributed by atoms with Gasteiger partial charge < -0.3 is 19.7 Å². The van der Waals surface area contributed by atoms with E-state index < -0.39 is 18.0 Å². The van der Waals surface area contributed by atoms with Crippen LogP contribution in [0, 0.1) is 0 Å². The molecular formula is C11H18O4. The molecule has 0 aromatic heterocycles. The predicted octanol–water partition coefficient (Wildman–Crippen LogP) is 0.578. The molecule has 1 aliphatic carbocycles. The van der Waals surface area contributed by atoms with E-state index in [1.54, 1.807) is 12.2 Å². The smallest absolute Gasteiger partial charge is 0.163 e. The SMILES string of the molecule is CC1(C)O[C@H]2C[C@@H](O)/C=C\[C@@H](O)C[C@H]2O1.